The number of benzene rings is 1. The molecule has 3 aromatic rings. The zero-order valence-corrected chi connectivity index (χ0v) is 16.5. The predicted molar refractivity (Wildman–Crippen MR) is 111 cm³/mol. The van der Waals surface area contributed by atoms with Crippen LogP contribution in [0.3, 0.4) is 0 Å². The number of piperazine rings is 1. The second-order valence-corrected chi connectivity index (χ2v) is 7.54. The Balaban J connectivity index is 1.55. The Labute approximate surface area is 174 Å². The first-order valence-electron chi connectivity index (χ1n) is 9.90. The van der Waals surface area contributed by atoms with Gasteiger partial charge in [0, 0.05) is 67.8 Å². The van der Waals surface area contributed by atoms with Crippen LogP contribution in [0.1, 0.15) is 17.2 Å². The van der Waals surface area contributed by atoms with Crippen LogP contribution in [0.4, 0.5) is 0 Å². The van der Waals surface area contributed by atoms with E-state index in [0.717, 1.165) is 36.1 Å². The second kappa shape index (κ2) is 8.64. The fourth-order valence-corrected chi connectivity index (χ4v) is 4.19. The summed E-state index contributed by atoms with van der Waals surface area (Å²) in [6.45, 7) is 3.34. The van der Waals surface area contributed by atoms with Gasteiger partial charge in [-0.3, -0.25) is 24.4 Å². The van der Waals surface area contributed by atoms with Crippen molar-refractivity contribution in [2.45, 2.75) is 19.1 Å². The lowest BCUT2D eigenvalue weighted by atomic mass is 10.0. The summed E-state index contributed by atoms with van der Waals surface area (Å²) in [5.41, 5.74) is 2.51. The number of hydrogen-bond donors (Lipinski definition) is 2. The summed E-state index contributed by atoms with van der Waals surface area (Å²) < 4.78 is 1.61. The maximum Gasteiger partial charge on any atom is 0.325 e. The van der Waals surface area contributed by atoms with Gasteiger partial charge in [-0.25, -0.2) is 0 Å². The van der Waals surface area contributed by atoms with Crippen LogP contribution in [0.5, 0.6) is 0 Å². The zero-order chi connectivity index (χ0) is 21.1. The molecule has 156 valence electrons. The lowest BCUT2D eigenvalue weighted by Gasteiger charge is -2.37. The Hall–Kier alpha value is -3.23. The smallest absolute Gasteiger partial charge is 0.325 e. The van der Waals surface area contributed by atoms with Crippen molar-refractivity contribution in [1.29, 1.82) is 0 Å². The van der Waals surface area contributed by atoms with Crippen LogP contribution < -0.4 is 0 Å². The number of carboxylic acids is 2. The quantitative estimate of drug-likeness (QED) is 0.617. The number of carbonyl (C=O) groups is 2. The van der Waals surface area contributed by atoms with Gasteiger partial charge in [-0.1, -0.05) is 24.3 Å². The summed E-state index contributed by atoms with van der Waals surface area (Å²) in [4.78, 5) is 31.9. The van der Waals surface area contributed by atoms with Gasteiger partial charge in [0.05, 0.1) is 0 Å². The molecule has 0 spiro atoms. The van der Waals surface area contributed by atoms with Crippen LogP contribution >= 0.6 is 0 Å². The van der Waals surface area contributed by atoms with Crippen molar-refractivity contribution in [1.82, 2.24) is 19.4 Å². The molecule has 0 radical (unpaired) electrons. The number of fused-ring (bicyclic) bond motifs is 1. The molecular formula is C22H24N4O4. The van der Waals surface area contributed by atoms with Crippen LogP contribution in [0, 0.1) is 0 Å². The van der Waals surface area contributed by atoms with Crippen molar-refractivity contribution < 1.29 is 19.8 Å². The van der Waals surface area contributed by atoms with Gasteiger partial charge >= 0.3 is 11.9 Å². The van der Waals surface area contributed by atoms with Gasteiger partial charge < -0.3 is 14.8 Å². The van der Waals surface area contributed by atoms with Crippen molar-refractivity contribution in [2.75, 3.05) is 26.2 Å². The van der Waals surface area contributed by atoms with E-state index in [9.17, 15) is 19.8 Å². The normalized spacial score (nSPS) is 16.5. The third-order valence-electron chi connectivity index (χ3n) is 5.55. The molecule has 30 heavy (non-hydrogen) atoms. The van der Waals surface area contributed by atoms with Gasteiger partial charge in [-0.2, -0.15) is 0 Å². The molecule has 2 N–H and O–H groups in total. The molecule has 1 aliphatic heterocycles. The van der Waals surface area contributed by atoms with Gasteiger partial charge in [0.25, 0.3) is 0 Å². The molecule has 1 aromatic carbocycles. The first kappa shape index (κ1) is 20.1. The Bertz CT molecular complexity index is 1040. The fraction of sp³-hybridized carbons (Fsp3) is 0.318. The van der Waals surface area contributed by atoms with E-state index < -0.39 is 18.0 Å². The molecule has 4 rings (SSSR count). The monoisotopic (exact) mass is 408 g/mol. The number of aromatic nitrogens is 2. The Kier molecular flexibility index (Phi) is 5.78. The summed E-state index contributed by atoms with van der Waals surface area (Å²) in [5, 5.41) is 20.0. The van der Waals surface area contributed by atoms with Gasteiger partial charge in [-0.15, -0.1) is 0 Å². The average Bonchev–Trinajstić information content (AvgIpc) is 3.08. The summed E-state index contributed by atoms with van der Waals surface area (Å²) in [5.74, 6) is -1.88. The molecule has 8 nitrogen and oxygen atoms in total. The van der Waals surface area contributed by atoms with E-state index in [4.69, 9.17) is 0 Å². The molecule has 8 heteroatoms. The van der Waals surface area contributed by atoms with Crippen molar-refractivity contribution in [3.8, 4) is 0 Å². The largest absolute Gasteiger partial charge is 0.480 e. The van der Waals surface area contributed by atoms with Crippen LogP contribution in [0.25, 0.3) is 10.9 Å². The standard InChI is InChI=1S/C22H24N4O4/c27-20(28)15-26-14-18(17-5-1-2-6-19(17)26)21(22(29)30)25-10-8-24(9-11-25)13-16-4-3-7-23-12-16/h1-7,12,14,21H,8-11,13,15H2,(H,27,28)(H,29,30). The predicted octanol–water partition coefficient (Wildman–Crippen LogP) is 2.06. The Morgan fingerprint density at radius 2 is 1.80 bits per heavy atom. The molecule has 0 saturated carbocycles. The zero-order valence-electron chi connectivity index (χ0n) is 16.5. The maximum absolute atomic E-state index is 12.3. The number of pyridine rings is 1. The van der Waals surface area contributed by atoms with E-state index in [1.165, 1.54) is 0 Å². The van der Waals surface area contributed by atoms with E-state index in [1.54, 1.807) is 17.0 Å². The minimum absolute atomic E-state index is 0.203. The minimum Gasteiger partial charge on any atom is -0.480 e. The van der Waals surface area contributed by atoms with Gasteiger partial charge in [0.15, 0.2) is 0 Å². The number of nitrogens with zero attached hydrogens (tertiary/aromatic N) is 4. The molecule has 0 amide bonds. The van der Waals surface area contributed by atoms with E-state index in [-0.39, 0.29) is 6.54 Å². The molecule has 0 bridgehead atoms. The lowest BCUT2D eigenvalue weighted by Crippen LogP contribution is -2.48. The molecule has 3 heterocycles. The van der Waals surface area contributed by atoms with Gasteiger partial charge in [0.2, 0.25) is 0 Å². The fourth-order valence-electron chi connectivity index (χ4n) is 4.19. The molecule has 1 unspecified atom stereocenters. The van der Waals surface area contributed by atoms with Gasteiger partial charge in [0.1, 0.15) is 12.6 Å². The molecule has 2 aromatic heterocycles. The number of rotatable bonds is 7. The van der Waals surface area contributed by atoms with E-state index in [2.05, 4.69) is 9.88 Å². The van der Waals surface area contributed by atoms with E-state index in [1.807, 2.05) is 47.5 Å². The molecule has 0 aliphatic carbocycles. The highest BCUT2D eigenvalue weighted by molar-refractivity contribution is 5.90. The number of para-hydroxylation sites is 1. The molecule has 1 aliphatic rings. The van der Waals surface area contributed by atoms with Crippen molar-refractivity contribution in [3.05, 3.63) is 66.1 Å². The minimum atomic E-state index is -0.960. The highest BCUT2D eigenvalue weighted by atomic mass is 16.4. The Morgan fingerprint density at radius 3 is 2.47 bits per heavy atom. The first-order chi connectivity index (χ1) is 14.5. The molecular weight excluding hydrogens is 384 g/mol. The maximum atomic E-state index is 12.3. The van der Waals surface area contributed by atoms with Gasteiger partial charge in [-0.05, 0) is 17.7 Å². The van der Waals surface area contributed by atoms with Crippen molar-refractivity contribution >= 4 is 22.8 Å². The van der Waals surface area contributed by atoms with Crippen LogP contribution in [0.15, 0.2) is 55.0 Å². The molecule has 1 atom stereocenters. The number of carboxylic acid groups (broad SMARTS) is 2. The van der Waals surface area contributed by atoms with Crippen molar-refractivity contribution in [3.63, 3.8) is 0 Å². The van der Waals surface area contributed by atoms with Crippen LogP contribution in [-0.4, -0.2) is 67.7 Å². The lowest BCUT2D eigenvalue weighted by molar-refractivity contribution is -0.144. The molecule has 1 fully saturated rings. The average molecular weight is 408 g/mol. The van der Waals surface area contributed by atoms with E-state index >= 15 is 0 Å². The molecule has 1 saturated heterocycles. The summed E-state index contributed by atoms with van der Waals surface area (Å²) in [7, 11) is 0. The Morgan fingerprint density at radius 1 is 1.03 bits per heavy atom. The number of hydrogen-bond acceptors (Lipinski definition) is 5. The van der Waals surface area contributed by atoms with E-state index in [0.29, 0.717) is 18.7 Å². The third kappa shape index (κ3) is 4.19. The van der Waals surface area contributed by atoms with Crippen molar-refractivity contribution in [2.24, 2.45) is 0 Å². The highest BCUT2D eigenvalue weighted by Crippen LogP contribution is 2.31. The highest BCUT2D eigenvalue weighted by Gasteiger charge is 2.32. The summed E-state index contributed by atoms with van der Waals surface area (Å²) in [6.07, 6.45) is 5.28. The SMILES string of the molecule is O=C(O)Cn1cc(C(C(=O)O)N2CCN(Cc3cccnc3)CC2)c2ccccc21. The second-order valence-electron chi connectivity index (χ2n) is 7.54. The number of aliphatic carboxylic acids is 2. The van der Waals surface area contributed by atoms with Crippen LogP contribution in [-0.2, 0) is 22.7 Å². The van der Waals surface area contributed by atoms with Crippen LogP contribution in [0.2, 0.25) is 0 Å². The third-order valence-corrected chi connectivity index (χ3v) is 5.55. The summed E-state index contributed by atoms with van der Waals surface area (Å²) >= 11 is 0. The first-order valence-corrected chi connectivity index (χ1v) is 9.90. The topological polar surface area (TPSA) is 98.9 Å². The summed E-state index contributed by atoms with van der Waals surface area (Å²) in [6, 6.07) is 10.5.